The Labute approximate surface area is 163 Å². The number of aromatic nitrogens is 1. The van der Waals surface area contributed by atoms with E-state index in [1.807, 2.05) is 0 Å². The molecule has 2 heterocycles. The third-order valence-corrected chi connectivity index (χ3v) is 4.93. The van der Waals surface area contributed by atoms with Crippen molar-refractivity contribution in [1.82, 2.24) is 15.0 Å². The number of rotatable bonds is 4. The summed E-state index contributed by atoms with van der Waals surface area (Å²) in [4.78, 5) is 28.0. The maximum Gasteiger partial charge on any atom is 0.292 e. The summed E-state index contributed by atoms with van der Waals surface area (Å²) in [6, 6.07) is 7.16. The van der Waals surface area contributed by atoms with Gasteiger partial charge in [0.2, 0.25) is 11.7 Å². The number of carbonyl (C=O) groups is 2. The van der Waals surface area contributed by atoms with Crippen molar-refractivity contribution in [3.8, 4) is 17.0 Å². The van der Waals surface area contributed by atoms with Gasteiger partial charge >= 0.3 is 0 Å². The van der Waals surface area contributed by atoms with Crippen molar-refractivity contribution in [3.63, 3.8) is 0 Å². The molecule has 28 heavy (non-hydrogen) atoms. The molecule has 150 valence electrons. The molecule has 1 aliphatic rings. The Morgan fingerprint density at radius 2 is 1.79 bits per heavy atom. The molecule has 0 radical (unpaired) electrons. The summed E-state index contributed by atoms with van der Waals surface area (Å²) in [6.45, 7) is 5.13. The van der Waals surface area contributed by atoms with E-state index in [1.54, 1.807) is 48.1 Å². The molecule has 1 aliphatic heterocycles. The second-order valence-electron chi connectivity index (χ2n) is 6.83. The van der Waals surface area contributed by atoms with E-state index in [0.29, 0.717) is 49.6 Å². The lowest BCUT2D eigenvalue weighted by molar-refractivity contribution is -0.128. The summed E-state index contributed by atoms with van der Waals surface area (Å²) >= 11 is 0. The van der Waals surface area contributed by atoms with E-state index >= 15 is 0 Å². The number of aliphatic hydroxyl groups is 1. The Balaban J connectivity index is 1.88. The average molecular weight is 387 g/mol. The Kier molecular flexibility index (Phi) is 5.99. The van der Waals surface area contributed by atoms with E-state index in [1.165, 1.54) is 6.92 Å². The summed E-state index contributed by atoms with van der Waals surface area (Å²) in [5.41, 5.74) is 1.52. The third-order valence-electron chi connectivity index (χ3n) is 4.93. The normalized spacial score (nSPS) is 15.9. The quantitative estimate of drug-likeness (QED) is 0.863. The van der Waals surface area contributed by atoms with Crippen LogP contribution >= 0.6 is 0 Å². The summed E-state index contributed by atoms with van der Waals surface area (Å²) < 4.78 is 10.5. The largest absolute Gasteiger partial charge is 0.497 e. The lowest BCUT2D eigenvalue weighted by Crippen LogP contribution is -2.36. The van der Waals surface area contributed by atoms with Gasteiger partial charge in [-0.25, -0.2) is 0 Å². The number of carbonyl (C=O) groups excluding carboxylic acids is 2. The predicted octanol–water partition coefficient (Wildman–Crippen LogP) is 2.10. The van der Waals surface area contributed by atoms with Crippen LogP contribution in [0.25, 0.3) is 11.3 Å². The summed E-state index contributed by atoms with van der Waals surface area (Å²) in [6.07, 6.45) is -0.238. The van der Waals surface area contributed by atoms with Crippen molar-refractivity contribution in [2.75, 3.05) is 33.3 Å². The molecule has 8 heteroatoms. The minimum Gasteiger partial charge on any atom is -0.497 e. The van der Waals surface area contributed by atoms with Crippen molar-refractivity contribution in [2.45, 2.75) is 26.4 Å². The Morgan fingerprint density at radius 1 is 1.14 bits per heavy atom. The Hall–Kier alpha value is -2.87. The van der Waals surface area contributed by atoms with Gasteiger partial charge in [0, 0.05) is 38.7 Å². The van der Waals surface area contributed by atoms with Gasteiger partial charge in [0.1, 0.15) is 11.4 Å². The highest BCUT2D eigenvalue weighted by Gasteiger charge is 2.30. The molecule has 3 rings (SSSR count). The molecule has 0 saturated carbocycles. The van der Waals surface area contributed by atoms with Crippen molar-refractivity contribution in [1.29, 1.82) is 0 Å². The number of hydrogen-bond acceptors (Lipinski definition) is 6. The average Bonchev–Trinajstić information content (AvgIpc) is 2.98. The zero-order valence-electron chi connectivity index (χ0n) is 16.3. The van der Waals surface area contributed by atoms with Crippen molar-refractivity contribution in [2.24, 2.45) is 0 Å². The van der Waals surface area contributed by atoms with Crippen molar-refractivity contribution >= 4 is 11.8 Å². The summed E-state index contributed by atoms with van der Waals surface area (Å²) in [5, 5.41) is 14.4. The number of aliphatic hydroxyl groups excluding tert-OH is 1. The second-order valence-corrected chi connectivity index (χ2v) is 6.83. The number of methoxy groups -OCH3 is 1. The molecule has 1 unspecified atom stereocenters. The topological polar surface area (TPSA) is 96.1 Å². The molecule has 1 aromatic carbocycles. The van der Waals surface area contributed by atoms with E-state index in [-0.39, 0.29) is 17.6 Å². The van der Waals surface area contributed by atoms with E-state index < -0.39 is 6.10 Å². The van der Waals surface area contributed by atoms with Crippen LogP contribution < -0.4 is 4.74 Å². The van der Waals surface area contributed by atoms with Gasteiger partial charge in [-0.1, -0.05) is 5.16 Å². The molecule has 1 saturated heterocycles. The third kappa shape index (κ3) is 4.01. The zero-order chi connectivity index (χ0) is 20.3. The first-order valence-electron chi connectivity index (χ1n) is 9.29. The molecule has 1 fully saturated rings. The molecule has 0 bridgehead atoms. The maximum atomic E-state index is 13.1. The summed E-state index contributed by atoms with van der Waals surface area (Å²) in [5.74, 6) is 0.410. The molecule has 1 N–H and O–H groups in total. The fraction of sp³-hybridized carbons (Fsp3) is 0.450. The van der Waals surface area contributed by atoms with Gasteiger partial charge in [0.25, 0.3) is 5.91 Å². The minimum atomic E-state index is -0.928. The molecule has 2 aromatic rings. The molecule has 1 aromatic heterocycles. The Bertz CT molecular complexity index is 844. The Morgan fingerprint density at radius 3 is 2.39 bits per heavy atom. The molecular weight excluding hydrogens is 362 g/mol. The first kappa shape index (κ1) is 19.9. The zero-order valence-corrected chi connectivity index (χ0v) is 16.3. The van der Waals surface area contributed by atoms with E-state index in [9.17, 15) is 14.7 Å². The standard InChI is InChI=1S/C20H25N3O5/c1-13(24)17-18(15-5-7-16(27-3)8-6-15)21-28-19(17)20(26)23-10-4-9-22(11-12-23)14(2)25/h5-8,13,24H,4,9-12H2,1-3H3. The smallest absolute Gasteiger partial charge is 0.292 e. The van der Waals surface area contributed by atoms with Gasteiger partial charge in [-0.15, -0.1) is 0 Å². The van der Waals surface area contributed by atoms with E-state index in [0.717, 1.165) is 5.56 Å². The number of ether oxygens (including phenoxy) is 1. The lowest BCUT2D eigenvalue weighted by atomic mass is 10.0. The van der Waals surface area contributed by atoms with Gasteiger partial charge < -0.3 is 24.2 Å². The van der Waals surface area contributed by atoms with E-state index in [4.69, 9.17) is 9.26 Å². The fourth-order valence-corrected chi connectivity index (χ4v) is 3.38. The van der Waals surface area contributed by atoms with Gasteiger partial charge in [-0.3, -0.25) is 9.59 Å². The predicted molar refractivity (Wildman–Crippen MR) is 102 cm³/mol. The van der Waals surface area contributed by atoms with Crippen LogP contribution in [0.4, 0.5) is 0 Å². The van der Waals surface area contributed by atoms with Gasteiger partial charge in [0.15, 0.2) is 0 Å². The minimum absolute atomic E-state index is 0.000394. The molecule has 0 aliphatic carbocycles. The van der Waals surface area contributed by atoms with Gasteiger partial charge in [-0.2, -0.15) is 0 Å². The SMILES string of the molecule is COc1ccc(-c2noc(C(=O)N3CCCN(C(C)=O)CC3)c2C(C)O)cc1. The van der Waals surface area contributed by atoms with Crippen molar-refractivity contribution < 1.29 is 24.0 Å². The lowest BCUT2D eigenvalue weighted by Gasteiger charge is -2.21. The maximum absolute atomic E-state index is 13.1. The molecule has 2 amide bonds. The van der Waals surface area contributed by atoms with Gasteiger partial charge in [0.05, 0.1) is 18.8 Å². The first-order chi connectivity index (χ1) is 13.4. The number of hydrogen-bond donors (Lipinski definition) is 1. The van der Waals surface area contributed by atoms with Crippen LogP contribution in [0.3, 0.4) is 0 Å². The fourth-order valence-electron chi connectivity index (χ4n) is 3.38. The highest BCUT2D eigenvalue weighted by molar-refractivity contribution is 5.94. The van der Waals surface area contributed by atoms with Gasteiger partial charge in [-0.05, 0) is 37.6 Å². The van der Waals surface area contributed by atoms with Crippen molar-refractivity contribution in [3.05, 3.63) is 35.6 Å². The van der Waals surface area contributed by atoms with Crippen LogP contribution in [-0.4, -0.2) is 65.2 Å². The van der Waals surface area contributed by atoms with Crippen LogP contribution in [0.2, 0.25) is 0 Å². The van der Waals surface area contributed by atoms with Crippen LogP contribution in [0.15, 0.2) is 28.8 Å². The first-order valence-corrected chi connectivity index (χ1v) is 9.29. The van der Waals surface area contributed by atoms with Crippen LogP contribution in [0.1, 0.15) is 42.5 Å². The highest BCUT2D eigenvalue weighted by atomic mass is 16.5. The van der Waals surface area contributed by atoms with Crippen LogP contribution in [0.5, 0.6) is 5.75 Å². The number of benzene rings is 1. The molecule has 0 spiro atoms. The molecule has 1 atom stereocenters. The second kappa shape index (κ2) is 8.43. The monoisotopic (exact) mass is 387 g/mol. The summed E-state index contributed by atoms with van der Waals surface area (Å²) in [7, 11) is 1.58. The molecular formula is C20H25N3O5. The molecule has 8 nitrogen and oxygen atoms in total. The number of amides is 2. The van der Waals surface area contributed by atoms with Crippen LogP contribution in [-0.2, 0) is 4.79 Å². The van der Waals surface area contributed by atoms with E-state index in [2.05, 4.69) is 5.16 Å². The highest BCUT2D eigenvalue weighted by Crippen LogP contribution is 2.32. The van der Waals surface area contributed by atoms with Crippen LogP contribution in [0, 0.1) is 0 Å². The number of nitrogens with zero attached hydrogens (tertiary/aromatic N) is 3.